The van der Waals surface area contributed by atoms with Crippen molar-refractivity contribution in [3.8, 4) is 0 Å². The molecule has 0 aliphatic carbocycles. The summed E-state index contributed by atoms with van der Waals surface area (Å²) in [6.07, 6.45) is 0. The average Bonchev–Trinajstić information content (AvgIpc) is 2.70. The van der Waals surface area contributed by atoms with Crippen molar-refractivity contribution in [3.63, 3.8) is 0 Å². The van der Waals surface area contributed by atoms with E-state index < -0.39 is 36.8 Å². The summed E-state index contributed by atoms with van der Waals surface area (Å²) in [5.74, 6) is 0. The van der Waals surface area contributed by atoms with E-state index in [1.807, 2.05) is 0 Å². The van der Waals surface area contributed by atoms with E-state index >= 15 is 0 Å². The van der Waals surface area contributed by atoms with Crippen molar-refractivity contribution >= 4 is 65.7 Å². The maximum atomic E-state index is 2.50. The van der Waals surface area contributed by atoms with Gasteiger partial charge in [0.25, 0.3) is 0 Å². The third-order valence-electron chi connectivity index (χ3n) is 4.74. The molecule has 3 rings (SSSR count). The van der Waals surface area contributed by atoms with Crippen LogP contribution >= 0.6 is 0 Å². The van der Waals surface area contributed by atoms with E-state index in [9.17, 15) is 0 Å². The molecular formula is C19H27NSn2. The van der Waals surface area contributed by atoms with E-state index in [1.165, 1.54) is 21.8 Å². The summed E-state index contributed by atoms with van der Waals surface area (Å²) in [6, 6.07) is 14.4. The molecule has 116 valence electrons. The van der Waals surface area contributed by atoms with Crippen molar-refractivity contribution in [2.24, 2.45) is 7.05 Å². The molecule has 3 heteroatoms. The van der Waals surface area contributed by atoms with Crippen LogP contribution in [-0.4, -0.2) is 41.3 Å². The van der Waals surface area contributed by atoms with E-state index in [-0.39, 0.29) is 0 Å². The fourth-order valence-corrected chi connectivity index (χ4v) is 9.78. The summed E-state index contributed by atoms with van der Waals surface area (Å²) in [4.78, 5) is 15.0. The van der Waals surface area contributed by atoms with Gasteiger partial charge in [0.2, 0.25) is 0 Å². The minimum atomic E-state index is -2.03. The molecule has 0 atom stereocenters. The van der Waals surface area contributed by atoms with Crippen LogP contribution in [0.5, 0.6) is 0 Å². The summed E-state index contributed by atoms with van der Waals surface area (Å²) in [5, 5.41) is 2.91. The molecule has 0 spiro atoms. The van der Waals surface area contributed by atoms with E-state index in [1.54, 1.807) is 7.16 Å². The fourth-order valence-electron chi connectivity index (χ4n) is 3.15. The molecule has 0 amide bonds. The Kier molecular flexibility index (Phi) is 4.12. The topological polar surface area (TPSA) is 4.93 Å². The second kappa shape index (κ2) is 5.44. The first-order valence-electron chi connectivity index (χ1n) is 8.12. The molecule has 0 saturated heterocycles. The van der Waals surface area contributed by atoms with Gasteiger partial charge in [-0.05, 0) is 0 Å². The molecule has 2 aromatic carbocycles. The standard InChI is InChI=1S/C13H9N.6CH3.2Sn/c1-14-12-8-4-2-6-10(12)11-7-3-5-9-13(11)14;;;;;;;;/h4-9H,1H3;6*1H3;;. The van der Waals surface area contributed by atoms with Crippen molar-refractivity contribution in [3.05, 3.63) is 36.4 Å². The van der Waals surface area contributed by atoms with Crippen molar-refractivity contribution in [2.45, 2.75) is 29.6 Å². The molecular weight excluding hydrogens is 480 g/mol. The minimum absolute atomic E-state index is 1.37. The Bertz CT molecular complexity index is 790. The van der Waals surface area contributed by atoms with E-state index in [0.29, 0.717) is 0 Å². The number of hydrogen-bond donors (Lipinski definition) is 0. The third kappa shape index (κ3) is 2.83. The van der Waals surface area contributed by atoms with Crippen LogP contribution < -0.4 is 7.16 Å². The second-order valence-corrected chi connectivity index (χ2v) is 37.5. The first-order valence-corrected chi connectivity index (χ1v) is 28.1. The molecule has 22 heavy (non-hydrogen) atoms. The van der Waals surface area contributed by atoms with Crippen LogP contribution in [0, 0.1) is 0 Å². The van der Waals surface area contributed by atoms with Gasteiger partial charge in [-0.1, -0.05) is 0 Å². The average molecular weight is 507 g/mol. The molecule has 0 aliphatic heterocycles. The molecule has 0 aliphatic rings. The van der Waals surface area contributed by atoms with Crippen LogP contribution in [-0.2, 0) is 7.05 Å². The first kappa shape index (κ1) is 16.7. The molecule has 0 unspecified atom stereocenters. The van der Waals surface area contributed by atoms with Crippen LogP contribution in [0.2, 0.25) is 29.6 Å². The fraction of sp³-hybridized carbons (Fsp3) is 0.368. The Morgan fingerprint density at radius 3 is 1.32 bits per heavy atom. The number of rotatable bonds is 2. The normalized spacial score (nSPS) is 13.2. The van der Waals surface area contributed by atoms with Crippen LogP contribution in [0.1, 0.15) is 0 Å². The summed E-state index contributed by atoms with van der Waals surface area (Å²) < 4.78 is 5.60. The summed E-state index contributed by atoms with van der Waals surface area (Å²) >= 11 is -4.05. The molecule has 1 nitrogen and oxygen atoms in total. The molecule has 0 bridgehead atoms. The van der Waals surface area contributed by atoms with Crippen LogP contribution in [0.4, 0.5) is 0 Å². The zero-order chi connectivity index (χ0) is 16.3. The Morgan fingerprint density at radius 1 is 0.636 bits per heavy atom. The van der Waals surface area contributed by atoms with Gasteiger partial charge in [-0.25, -0.2) is 0 Å². The number of aromatic nitrogens is 1. The first-order chi connectivity index (χ1) is 10.1. The molecule has 1 heterocycles. The molecule has 0 radical (unpaired) electrons. The zero-order valence-corrected chi connectivity index (χ0v) is 20.6. The number of nitrogens with zero attached hydrogens (tertiary/aromatic N) is 1. The molecule has 0 fully saturated rings. The van der Waals surface area contributed by atoms with Gasteiger partial charge in [0.05, 0.1) is 0 Å². The Labute approximate surface area is 142 Å². The van der Waals surface area contributed by atoms with Crippen molar-refractivity contribution in [1.29, 1.82) is 0 Å². The van der Waals surface area contributed by atoms with Crippen LogP contribution in [0.15, 0.2) is 36.4 Å². The van der Waals surface area contributed by atoms with Gasteiger partial charge in [0.15, 0.2) is 0 Å². The van der Waals surface area contributed by atoms with Gasteiger partial charge in [0, 0.05) is 0 Å². The van der Waals surface area contributed by atoms with E-state index in [4.69, 9.17) is 0 Å². The van der Waals surface area contributed by atoms with Gasteiger partial charge in [-0.15, -0.1) is 0 Å². The molecule has 0 saturated carbocycles. The van der Waals surface area contributed by atoms with Gasteiger partial charge in [-0.3, -0.25) is 0 Å². The summed E-state index contributed by atoms with van der Waals surface area (Å²) in [5.41, 5.74) is 2.74. The SMILES string of the molecule is Cn1c2cc[c]([Sn]([CH3])([CH3])[CH3])cc2c2c[c]([Sn]([CH3])([CH3])[CH3])ccc21. The third-order valence-corrected chi connectivity index (χ3v) is 16.4. The van der Waals surface area contributed by atoms with Crippen molar-refractivity contribution in [1.82, 2.24) is 4.57 Å². The number of aryl methyl sites for hydroxylation is 1. The number of hydrogen-bond acceptors (Lipinski definition) is 0. The van der Waals surface area contributed by atoms with E-state index in [2.05, 4.69) is 77.7 Å². The maximum absolute atomic E-state index is 2.50. The summed E-state index contributed by atoms with van der Waals surface area (Å²) in [7, 11) is 2.20. The predicted molar refractivity (Wildman–Crippen MR) is 106 cm³/mol. The van der Waals surface area contributed by atoms with Gasteiger partial charge < -0.3 is 0 Å². The van der Waals surface area contributed by atoms with Gasteiger partial charge >= 0.3 is 143 Å². The van der Waals surface area contributed by atoms with Gasteiger partial charge in [-0.2, -0.15) is 0 Å². The Hall–Kier alpha value is -0.163. The predicted octanol–water partition coefficient (Wildman–Crippen LogP) is 4.42. The Morgan fingerprint density at radius 2 is 1.00 bits per heavy atom. The van der Waals surface area contributed by atoms with E-state index in [0.717, 1.165) is 0 Å². The van der Waals surface area contributed by atoms with Crippen molar-refractivity contribution < 1.29 is 0 Å². The monoisotopic (exact) mass is 509 g/mol. The molecule has 1 aromatic heterocycles. The molecule has 0 N–H and O–H groups in total. The number of fused-ring (bicyclic) bond motifs is 3. The molecule has 3 aromatic rings. The van der Waals surface area contributed by atoms with Crippen LogP contribution in [0.3, 0.4) is 0 Å². The quantitative estimate of drug-likeness (QED) is 0.454. The second-order valence-electron chi connectivity index (χ2n) is 8.52. The van der Waals surface area contributed by atoms with Gasteiger partial charge in [0.1, 0.15) is 0 Å². The summed E-state index contributed by atoms with van der Waals surface area (Å²) in [6.45, 7) is 0. The zero-order valence-electron chi connectivity index (χ0n) is 14.9. The number of benzene rings is 2. The van der Waals surface area contributed by atoms with Crippen LogP contribution in [0.25, 0.3) is 21.8 Å². The van der Waals surface area contributed by atoms with Crippen molar-refractivity contribution in [2.75, 3.05) is 0 Å². The Balaban J connectivity index is 2.38.